The lowest BCUT2D eigenvalue weighted by molar-refractivity contribution is -0.369. The predicted octanol–water partition coefficient (Wildman–Crippen LogP) is 8.09. The molecule has 2 fully saturated rings. The number of phenolic OH excluding ortho intramolecular Hbond substituents is 1. The van der Waals surface area contributed by atoms with Crippen molar-refractivity contribution in [3.05, 3.63) is 29.3 Å². The number of rotatable bonds is 10. The maximum Gasteiger partial charge on any atom is 0.456 e. The van der Waals surface area contributed by atoms with Crippen LogP contribution in [0, 0.1) is 23.2 Å². The van der Waals surface area contributed by atoms with Gasteiger partial charge in [-0.15, -0.1) is 0 Å². The Morgan fingerprint density at radius 3 is 2.26 bits per heavy atom. The molecule has 0 heterocycles. The molecular formula is C29H37F10NO2. The molecule has 0 saturated heterocycles. The van der Waals surface area contributed by atoms with Crippen molar-refractivity contribution in [2.45, 2.75) is 107 Å². The van der Waals surface area contributed by atoms with E-state index in [2.05, 4.69) is 6.92 Å². The van der Waals surface area contributed by atoms with E-state index in [9.17, 15) is 54.1 Å². The van der Waals surface area contributed by atoms with Gasteiger partial charge in [0.2, 0.25) is 6.17 Å². The minimum Gasteiger partial charge on any atom is -0.508 e. The summed E-state index contributed by atoms with van der Waals surface area (Å²) in [5.74, 6) is -11.9. The zero-order valence-corrected chi connectivity index (χ0v) is 23.4. The van der Waals surface area contributed by atoms with Gasteiger partial charge >= 0.3 is 24.1 Å². The molecule has 0 spiro atoms. The molecule has 1 aromatic rings. The number of unbranched alkanes of at least 4 members (excludes halogenated alkanes) is 2. The molecule has 4 rings (SSSR count). The van der Waals surface area contributed by atoms with Crippen molar-refractivity contribution in [2.24, 2.45) is 23.2 Å². The summed E-state index contributed by atoms with van der Waals surface area (Å²) < 4.78 is 134. The lowest BCUT2D eigenvalue weighted by atomic mass is 9.51. The van der Waals surface area contributed by atoms with E-state index in [0.29, 0.717) is 38.1 Å². The van der Waals surface area contributed by atoms with Crippen LogP contribution >= 0.6 is 0 Å². The minimum atomic E-state index is -6.77. The Labute approximate surface area is 238 Å². The van der Waals surface area contributed by atoms with Gasteiger partial charge in [0.15, 0.2) is 0 Å². The number of halogens is 10. The van der Waals surface area contributed by atoms with Gasteiger partial charge in [0.25, 0.3) is 0 Å². The van der Waals surface area contributed by atoms with E-state index in [1.54, 1.807) is 12.1 Å². The number of hydrogen-bond donors (Lipinski definition) is 2. The Kier molecular flexibility index (Phi) is 8.92. The molecule has 0 radical (unpaired) electrons. The molecule has 240 valence electrons. The Morgan fingerprint density at radius 2 is 1.62 bits per heavy atom. The van der Waals surface area contributed by atoms with Crippen LogP contribution in [0.3, 0.4) is 0 Å². The molecule has 7 atom stereocenters. The fourth-order valence-corrected chi connectivity index (χ4v) is 7.98. The van der Waals surface area contributed by atoms with E-state index in [-0.39, 0.29) is 40.7 Å². The molecule has 13 heteroatoms. The fourth-order valence-electron chi connectivity index (χ4n) is 7.98. The summed E-state index contributed by atoms with van der Waals surface area (Å²) in [6, 6.07) is -0.260. The third-order valence-corrected chi connectivity index (χ3v) is 10.2. The molecule has 3 nitrogen and oxygen atoms in total. The monoisotopic (exact) mass is 621 g/mol. The van der Waals surface area contributed by atoms with Gasteiger partial charge in [-0.2, -0.15) is 39.5 Å². The number of aryl methyl sites for hydroxylation is 1. The van der Waals surface area contributed by atoms with E-state index >= 15 is 0 Å². The molecule has 0 bridgehead atoms. The first-order valence-corrected chi connectivity index (χ1v) is 14.3. The number of nitrogens with zero attached hydrogens (tertiary/aromatic N) is 1. The number of fused-ring (bicyclic) bond motifs is 5. The predicted molar refractivity (Wildman–Crippen MR) is 134 cm³/mol. The van der Waals surface area contributed by atoms with E-state index in [1.165, 1.54) is 0 Å². The van der Waals surface area contributed by atoms with Crippen LogP contribution in [-0.2, 0) is 6.42 Å². The maximum atomic E-state index is 14.3. The van der Waals surface area contributed by atoms with Crippen molar-refractivity contribution in [2.75, 3.05) is 13.6 Å². The second kappa shape index (κ2) is 11.3. The van der Waals surface area contributed by atoms with Crippen LogP contribution in [0.15, 0.2) is 18.2 Å². The van der Waals surface area contributed by atoms with Gasteiger partial charge in [-0.05, 0) is 104 Å². The third-order valence-electron chi connectivity index (χ3n) is 10.2. The van der Waals surface area contributed by atoms with Crippen LogP contribution in [0.2, 0.25) is 0 Å². The molecule has 42 heavy (non-hydrogen) atoms. The number of phenols is 1. The fraction of sp³-hybridized carbons (Fsp3) is 0.793. The van der Waals surface area contributed by atoms with Crippen LogP contribution in [0.25, 0.3) is 0 Å². The first kappa shape index (κ1) is 33.1. The van der Waals surface area contributed by atoms with Gasteiger partial charge < -0.3 is 10.2 Å². The zero-order valence-electron chi connectivity index (χ0n) is 23.4. The van der Waals surface area contributed by atoms with E-state index < -0.39 is 42.9 Å². The van der Waals surface area contributed by atoms with Gasteiger partial charge in [-0.25, -0.2) is 9.29 Å². The summed E-state index contributed by atoms with van der Waals surface area (Å²) in [4.78, 5) is -0.382. The van der Waals surface area contributed by atoms with Crippen molar-refractivity contribution >= 4 is 0 Å². The quantitative estimate of drug-likeness (QED) is 0.158. The lowest BCUT2D eigenvalue weighted by Gasteiger charge is -2.54. The standard InChI is InChI=1S/C29H37F10NO2/c1-25-15-17(23-19-10-8-18(41)14-16(19)7-9-20(23)21(25)11-12-22(25)42)6-4-3-5-13-40(2)29(38,39)27(33,34)24(30)26(31,32)28(35,36)37/h8,10,14,17,20-24,41-42H,3-7,9,11-13,15H2,1-2H3/t17-,20-,21-,22-,23+,24?,25-/m0/s1. The van der Waals surface area contributed by atoms with Crippen molar-refractivity contribution in [3.63, 3.8) is 0 Å². The Morgan fingerprint density at radius 1 is 0.952 bits per heavy atom. The highest BCUT2D eigenvalue weighted by atomic mass is 19.4. The molecular weight excluding hydrogens is 584 g/mol. The number of aliphatic hydroxyl groups is 1. The number of aliphatic hydroxyl groups excluding tert-OH is 1. The summed E-state index contributed by atoms with van der Waals surface area (Å²) >= 11 is 0. The molecule has 0 aromatic heterocycles. The highest BCUT2D eigenvalue weighted by molar-refractivity contribution is 5.40. The third kappa shape index (κ3) is 5.49. The van der Waals surface area contributed by atoms with Gasteiger partial charge in [0, 0.05) is 6.54 Å². The molecule has 1 unspecified atom stereocenters. The minimum absolute atomic E-state index is 0.109. The summed E-state index contributed by atoms with van der Waals surface area (Å²) in [6.45, 7) is 1.31. The van der Waals surface area contributed by atoms with Crippen LogP contribution < -0.4 is 0 Å². The molecule has 3 aliphatic carbocycles. The van der Waals surface area contributed by atoms with Gasteiger partial charge in [0.05, 0.1) is 6.10 Å². The Bertz CT molecular complexity index is 1110. The summed E-state index contributed by atoms with van der Waals surface area (Å²) in [5, 5.41) is 20.9. The maximum absolute atomic E-state index is 14.3. The van der Waals surface area contributed by atoms with Crippen LogP contribution in [-0.4, -0.2) is 65.0 Å². The second-order valence-electron chi connectivity index (χ2n) is 12.7. The summed E-state index contributed by atoms with van der Waals surface area (Å²) in [5.41, 5.74) is 1.93. The lowest BCUT2D eigenvalue weighted by Crippen LogP contribution is -2.64. The summed E-state index contributed by atoms with van der Waals surface area (Å²) in [6.07, 6.45) is -7.34. The van der Waals surface area contributed by atoms with Crippen molar-refractivity contribution in [3.8, 4) is 5.75 Å². The van der Waals surface area contributed by atoms with Gasteiger partial charge in [0.1, 0.15) is 5.75 Å². The normalized spacial score (nSPS) is 31.0. The molecule has 2 N–H and O–H groups in total. The average Bonchev–Trinajstić information content (AvgIpc) is 3.20. The van der Waals surface area contributed by atoms with Crippen LogP contribution in [0.1, 0.15) is 75.3 Å². The van der Waals surface area contributed by atoms with E-state index in [0.717, 1.165) is 36.8 Å². The zero-order chi connectivity index (χ0) is 31.5. The number of alkyl halides is 10. The average molecular weight is 622 g/mol. The first-order chi connectivity index (χ1) is 19.3. The summed E-state index contributed by atoms with van der Waals surface area (Å²) in [7, 11) is 0.426. The van der Waals surface area contributed by atoms with Crippen molar-refractivity contribution in [1.82, 2.24) is 4.90 Å². The molecule has 0 amide bonds. The van der Waals surface area contributed by atoms with Gasteiger partial charge in [-0.1, -0.05) is 25.8 Å². The number of benzene rings is 1. The number of hydrogen-bond acceptors (Lipinski definition) is 3. The second-order valence-corrected chi connectivity index (χ2v) is 12.7. The van der Waals surface area contributed by atoms with Crippen LogP contribution in [0.5, 0.6) is 5.75 Å². The van der Waals surface area contributed by atoms with Crippen molar-refractivity contribution < 1.29 is 54.1 Å². The molecule has 3 aliphatic rings. The van der Waals surface area contributed by atoms with Gasteiger partial charge in [-0.3, -0.25) is 0 Å². The number of aromatic hydroxyl groups is 1. The Hall–Kier alpha value is -1.76. The Balaban J connectivity index is 1.40. The van der Waals surface area contributed by atoms with E-state index in [1.807, 2.05) is 6.07 Å². The van der Waals surface area contributed by atoms with Crippen molar-refractivity contribution in [1.29, 1.82) is 0 Å². The molecule has 0 aliphatic heterocycles. The smallest absolute Gasteiger partial charge is 0.456 e. The highest BCUT2D eigenvalue weighted by Crippen LogP contribution is 2.63. The van der Waals surface area contributed by atoms with Crippen LogP contribution in [0.4, 0.5) is 43.9 Å². The topological polar surface area (TPSA) is 43.7 Å². The SMILES string of the molecule is CN(CCCCC[C@H]1C[C@]2(C)[C@@H](O)CC[C@H]2[C@@H]2CCc3cc(O)ccc3[C@@H]12)C(F)(F)C(F)(F)C(F)C(F)(F)C(F)(F)F. The van der Waals surface area contributed by atoms with E-state index in [4.69, 9.17) is 0 Å². The largest absolute Gasteiger partial charge is 0.508 e. The first-order valence-electron chi connectivity index (χ1n) is 14.3. The highest BCUT2D eigenvalue weighted by Gasteiger charge is 2.77. The molecule has 2 saturated carbocycles. The molecule has 1 aromatic carbocycles.